The SMILES string of the molecule is CNc1cc(Nc2cc(COCC(C)C)cn(C3CCC3)c2=O)nc2c1ncn2C(C)=O. The predicted octanol–water partition coefficient (Wildman–Crippen LogP) is 3.94. The Labute approximate surface area is 186 Å². The van der Waals surface area contributed by atoms with Crippen LogP contribution in [-0.4, -0.2) is 38.7 Å². The van der Waals surface area contributed by atoms with Gasteiger partial charge in [-0.15, -0.1) is 0 Å². The fourth-order valence-corrected chi connectivity index (χ4v) is 3.79. The molecule has 0 spiro atoms. The second-order valence-electron chi connectivity index (χ2n) is 8.70. The van der Waals surface area contributed by atoms with E-state index < -0.39 is 0 Å². The van der Waals surface area contributed by atoms with Crippen LogP contribution in [0.4, 0.5) is 17.2 Å². The summed E-state index contributed by atoms with van der Waals surface area (Å²) < 4.78 is 9.03. The van der Waals surface area contributed by atoms with Gasteiger partial charge in [0, 0.05) is 38.9 Å². The Morgan fingerprint density at radius 1 is 1.28 bits per heavy atom. The van der Waals surface area contributed by atoms with Gasteiger partial charge in [-0.2, -0.15) is 0 Å². The van der Waals surface area contributed by atoms with E-state index in [0.29, 0.717) is 47.5 Å². The lowest BCUT2D eigenvalue weighted by Gasteiger charge is -2.28. The summed E-state index contributed by atoms with van der Waals surface area (Å²) in [7, 11) is 1.78. The average molecular weight is 439 g/mol. The van der Waals surface area contributed by atoms with Gasteiger partial charge in [-0.1, -0.05) is 13.8 Å². The summed E-state index contributed by atoms with van der Waals surface area (Å²) in [6.45, 7) is 6.76. The smallest absolute Gasteiger partial charge is 0.274 e. The van der Waals surface area contributed by atoms with Crippen molar-refractivity contribution < 1.29 is 9.53 Å². The molecule has 1 aliphatic rings. The molecule has 0 bridgehead atoms. The molecule has 9 nitrogen and oxygen atoms in total. The lowest BCUT2D eigenvalue weighted by molar-refractivity contribution is 0.0940. The van der Waals surface area contributed by atoms with Crippen molar-refractivity contribution in [2.45, 2.75) is 52.7 Å². The molecule has 1 saturated carbocycles. The third-order valence-electron chi connectivity index (χ3n) is 5.66. The molecular weight excluding hydrogens is 408 g/mol. The maximum atomic E-state index is 13.2. The van der Waals surface area contributed by atoms with Crippen LogP contribution >= 0.6 is 0 Å². The van der Waals surface area contributed by atoms with Crippen LogP contribution in [-0.2, 0) is 11.3 Å². The zero-order valence-electron chi connectivity index (χ0n) is 19.0. The lowest BCUT2D eigenvalue weighted by atomic mass is 9.92. The standard InChI is InChI=1S/C23H30N6O3/c1-14(2)11-32-12-16-8-19(23(31)28(10-16)17-6-5-7-17)26-20-9-18(24-4)21-22(27-20)29(13-25-21)15(3)30/h8-10,13-14,17H,5-7,11-12H2,1-4H3,(H2,24,26,27). The Morgan fingerprint density at radius 2 is 2.06 bits per heavy atom. The third kappa shape index (κ3) is 4.38. The van der Waals surface area contributed by atoms with Crippen LogP contribution in [0.3, 0.4) is 0 Å². The molecular formula is C23H30N6O3. The molecule has 2 N–H and O–H groups in total. The minimum absolute atomic E-state index is 0.0877. The highest BCUT2D eigenvalue weighted by Crippen LogP contribution is 2.31. The van der Waals surface area contributed by atoms with E-state index in [1.165, 1.54) is 17.8 Å². The summed E-state index contributed by atoms with van der Waals surface area (Å²) in [5.74, 6) is 0.713. The monoisotopic (exact) mass is 438 g/mol. The van der Waals surface area contributed by atoms with Crippen molar-refractivity contribution in [3.63, 3.8) is 0 Å². The summed E-state index contributed by atoms with van der Waals surface area (Å²) in [5.41, 5.74) is 3.02. The summed E-state index contributed by atoms with van der Waals surface area (Å²) in [6, 6.07) is 3.83. The van der Waals surface area contributed by atoms with Gasteiger partial charge in [0.15, 0.2) is 5.65 Å². The molecule has 3 heterocycles. The number of fused-ring (bicyclic) bond motifs is 1. The van der Waals surface area contributed by atoms with Crippen LogP contribution in [0, 0.1) is 5.92 Å². The molecule has 0 aromatic carbocycles. The maximum Gasteiger partial charge on any atom is 0.274 e. The predicted molar refractivity (Wildman–Crippen MR) is 125 cm³/mol. The van der Waals surface area contributed by atoms with E-state index in [4.69, 9.17) is 4.74 Å². The van der Waals surface area contributed by atoms with Gasteiger partial charge in [0.2, 0.25) is 5.91 Å². The average Bonchev–Trinajstić information content (AvgIpc) is 3.13. The molecule has 170 valence electrons. The van der Waals surface area contributed by atoms with Crippen molar-refractivity contribution in [1.29, 1.82) is 0 Å². The first-order chi connectivity index (χ1) is 15.4. The van der Waals surface area contributed by atoms with Crippen LogP contribution in [0.25, 0.3) is 11.2 Å². The van der Waals surface area contributed by atoms with Crippen molar-refractivity contribution in [3.05, 3.63) is 40.6 Å². The van der Waals surface area contributed by atoms with E-state index >= 15 is 0 Å². The number of pyridine rings is 2. The molecule has 3 aromatic rings. The van der Waals surface area contributed by atoms with Crippen molar-refractivity contribution in [3.8, 4) is 0 Å². The molecule has 0 amide bonds. The van der Waals surface area contributed by atoms with Gasteiger partial charge in [-0.05, 0) is 36.8 Å². The highest BCUT2D eigenvalue weighted by atomic mass is 16.5. The minimum atomic E-state index is -0.184. The Balaban J connectivity index is 1.72. The first-order valence-electron chi connectivity index (χ1n) is 11.0. The zero-order valence-corrected chi connectivity index (χ0v) is 19.0. The van der Waals surface area contributed by atoms with Crippen molar-refractivity contribution in [2.75, 3.05) is 24.3 Å². The molecule has 0 atom stereocenters. The Morgan fingerprint density at radius 3 is 2.69 bits per heavy atom. The molecule has 9 heteroatoms. The maximum absolute atomic E-state index is 13.2. The van der Waals surface area contributed by atoms with Gasteiger partial charge in [0.1, 0.15) is 23.3 Å². The first-order valence-corrected chi connectivity index (χ1v) is 11.0. The number of ether oxygens (including phenoxy) is 1. The normalized spacial score (nSPS) is 14.0. The lowest BCUT2D eigenvalue weighted by Crippen LogP contribution is -2.30. The number of carbonyl (C=O) groups is 1. The number of anilines is 3. The van der Waals surface area contributed by atoms with E-state index in [1.54, 1.807) is 13.1 Å². The van der Waals surface area contributed by atoms with Gasteiger partial charge < -0.3 is 19.9 Å². The van der Waals surface area contributed by atoms with Crippen LogP contribution in [0.15, 0.2) is 29.5 Å². The summed E-state index contributed by atoms with van der Waals surface area (Å²) in [5, 5.41) is 6.28. The molecule has 0 radical (unpaired) electrons. The molecule has 0 aliphatic heterocycles. The van der Waals surface area contributed by atoms with Crippen molar-refractivity contribution in [2.24, 2.45) is 5.92 Å². The number of aromatic nitrogens is 4. The van der Waals surface area contributed by atoms with Gasteiger partial charge >= 0.3 is 0 Å². The number of nitrogens with zero attached hydrogens (tertiary/aromatic N) is 4. The Hall–Kier alpha value is -3.20. The Bertz CT molecular complexity index is 1190. The van der Waals surface area contributed by atoms with E-state index in [9.17, 15) is 9.59 Å². The first kappa shape index (κ1) is 22.0. The van der Waals surface area contributed by atoms with Crippen molar-refractivity contribution >= 4 is 34.3 Å². The van der Waals surface area contributed by atoms with Crippen molar-refractivity contribution in [1.82, 2.24) is 19.1 Å². The quantitative estimate of drug-likeness (QED) is 0.549. The highest BCUT2D eigenvalue weighted by molar-refractivity contribution is 5.94. The van der Waals surface area contributed by atoms with Crippen LogP contribution in [0.1, 0.15) is 56.4 Å². The summed E-state index contributed by atoms with van der Waals surface area (Å²) in [6.07, 6.45) is 6.51. The Kier molecular flexibility index (Phi) is 6.27. The zero-order chi connectivity index (χ0) is 22.8. The highest BCUT2D eigenvalue weighted by Gasteiger charge is 2.22. The molecule has 32 heavy (non-hydrogen) atoms. The van der Waals surface area contributed by atoms with Gasteiger partial charge in [-0.3, -0.25) is 14.2 Å². The number of imidazole rings is 1. The van der Waals surface area contributed by atoms with Gasteiger partial charge in [0.25, 0.3) is 5.56 Å². The number of hydrogen-bond donors (Lipinski definition) is 2. The van der Waals surface area contributed by atoms with Gasteiger partial charge in [-0.25, -0.2) is 9.97 Å². The second kappa shape index (κ2) is 9.12. The fraction of sp³-hybridized carbons (Fsp3) is 0.478. The summed E-state index contributed by atoms with van der Waals surface area (Å²) >= 11 is 0. The van der Waals surface area contributed by atoms with E-state index in [0.717, 1.165) is 24.8 Å². The molecule has 3 aromatic heterocycles. The van der Waals surface area contributed by atoms with Crippen LogP contribution in [0.2, 0.25) is 0 Å². The van der Waals surface area contributed by atoms with E-state index in [2.05, 4.69) is 34.4 Å². The van der Waals surface area contributed by atoms with Crippen LogP contribution in [0.5, 0.6) is 0 Å². The fourth-order valence-electron chi connectivity index (χ4n) is 3.79. The molecule has 4 rings (SSSR count). The number of nitrogens with one attached hydrogen (secondary N) is 2. The molecule has 1 aliphatic carbocycles. The third-order valence-corrected chi connectivity index (χ3v) is 5.66. The number of hydrogen-bond acceptors (Lipinski definition) is 7. The van der Waals surface area contributed by atoms with Gasteiger partial charge in [0.05, 0.1) is 12.3 Å². The summed E-state index contributed by atoms with van der Waals surface area (Å²) in [4.78, 5) is 34.1. The number of rotatable bonds is 8. The van der Waals surface area contributed by atoms with E-state index in [-0.39, 0.29) is 17.5 Å². The largest absolute Gasteiger partial charge is 0.386 e. The second-order valence-corrected chi connectivity index (χ2v) is 8.70. The van der Waals surface area contributed by atoms with Crippen LogP contribution < -0.4 is 16.2 Å². The molecule has 0 saturated heterocycles. The molecule has 1 fully saturated rings. The topological polar surface area (TPSA) is 103 Å². The minimum Gasteiger partial charge on any atom is -0.386 e. The van der Waals surface area contributed by atoms with E-state index in [1.807, 2.05) is 16.8 Å². The molecule has 0 unspecified atom stereocenters. The number of carbonyl (C=O) groups excluding carboxylic acids is 1.